The lowest BCUT2D eigenvalue weighted by Gasteiger charge is -2.35. The van der Waals surface area contributed by atoms with Crippen LogP contribution < -0.4 is 18.9 Å². The molecule has 0 radical (unpaired) electrons. The van der Waals surface area contributed by atoms with Crippen molar-refractivity contribution in [1.82, 2.24) is 0 Å². The van der Waals surface area contributed by atoms with E-state index in [9.17, 15) is 0 Å². The largest absolute Gasteiger partial charge is 0.493 e. The maximum Gasteiger partial charge on any atom is 0.161 e. The van der Waals surface area contributed by atoms with E-state index in [1.807, 2.05) is 12.3 Å². The molecule has 0 unspecified atom stereocenters. The first-order chi connectivity index (χ1) is 12.7. The third-order valence-corrected chi connectivity index (χ3v) is 5.43. The topological polar surface area (TPSA) is 49.3 Å². The van der Waals surface area contributed by atoms with Crippen molar-refractivity contribution >= 4 is 6.21 Å². The highest BCUT2D eigenvalue weighted by Gasteiger charge is 2.35. The van der Waals surface area contributed by atoms with E-state index in [-0.39, 0.29) is 6.04 Å². The van der Waals surface area contributed by atoms with Gasteiger partial charge in [-0.05, 0) is 59.4 Å². The second kappa shape index (κ2) is 6.56. The van der Waals surface area contributed by atoms with Gasteiger partial charge in [-0.25, -0.2) is 0 Å². The molecule has 0 N–H and O–H groups in total. The molecule has 4 rings (SSSR count). The summed E-state index contributed by atoms with van der Waals surface area (Å²) in [4.78, 5) is 4.88. The van der Waals surface area contributed by atoms with Gasteiger partial charge in [-0.15, -0.1) is 0 Å². The zero-order valence-electron chi connectivity index (χ0n) is 15.5. The standard InChI is InChI=1S/C21H23NO4/c1-23-17-7-12-5-6-14-15-9-19(25-3)18(24-2)8-13(15)11-22-21(14)16(12)10-20(17)26-4/h7-11,14,21H,5-6H2,1-4H3/t14-,21-/m1/s1. The highest BCUT2D eigenvalue weighted by molar-refractivity contribution is 5.85. The molecule has 2 atom stereocenters. The smallest absolute Gasteiger partial charge is 0.161 e. The van der Waals surface area contributed by atoms with Gasteiger partial charge in [0.2, 0.25) is 0 Å². The van der Waals surface area contributed by atoms with Gasteiger partial charge in [0.25, 0.3) is 0 Å². The molecule has 0 fully saturated rings. The Labute approximate surface area is 153 Å². The number of benzene rings is 2. The maximum atomic E-state index is 5.51. The molecule has 0 saturated heterocycles. The van der Waals surface area contributed by atoms with Crippen LogP contribution in [0.1, 0.15) is 40.6 Å². The zero-order chi connectivity index (χ0) is 18.3. The van der Waals surface area contributed by atoms with Crippen LogP contribution in [0, 0.1) is 0 Å². The van der Waals surface area contributed by atoms with Crippen LogP contribution in [0.5, 0.6) is 23.0 Å². The molecule has 2 aromatic carbocycles. The first-order valence-corrected chi connectivity index (χ1v) is 8.74. The zero-order valence-corrected chi connectivity index (χ0v) is 15.5. The van der Waals surface area contributed by atoms with Crippen molar-refractivity contribution in [3.8, 4) is 23.0 Å². The lowest BCUT2D eigenvalue weighted by molar-refractivity contribution is 0.350. The van der Waals surface area contributed by atoms with E-state index in [0.717, 1.165) is 41.4 Å². The number of nitrogens with zero attached hydrogens (tertiary/aromatic N) is 1. The predicted molar refractivity (Wildman–Crippen MR) is 100 cm³/mol. The van der Waals surface area contributed by atoms with Gasteiger partial charge in [0, 0.05) is 12.1 Å². The molecule has 0 bridgehead atoms. The lowest BCUT2D eigenvalue weighted by atomic mass is 9.74. The van der Waals surface area contributed by atoms with Gasteiger partial charge in [-0.3, -0.25) is 4.99 Å². The van der Waals surface area contributed by atoms with Crippen molar-refractivity contribution in [1.29, 1.82) is 0 Å². The molecule has 0 amide bonds. The molecule has 5 heteroatoms. The number of ether oxygens (including phenoxy) is 4. The second-order valence-electron chi connectivity index (χ2n) is 6.61. The van der Waals surface area contributed by atoms with Gasteiger partial charge >= 0.3 is 0 Å². The minimum absolute atomic E-state index is 0.0872. The van der Waals surface area contributed by atoms with E-state index in [2.05, 4.69) is 18.2 Å². The Bertz CT molecular complexity index is 875. The Balaban J connectivity index is 1.81. The Morgan fingerprint density at radius 2 is 1.35 bits per heavy atom. The second-order valence-corrected chi connectivity index (χ2v) is 6.61. The van der Waals surface area contributed by atoms with Crippen molar-refractivity contribution in [3.63, 3.8) is 0 Å². The highest BCUT2D eigenvalue weighted by Crippen LogP contribution is 2.50. The Kier molecular flexibility index (Phi) is 4.23. The van der Waals surface area contributed by atoms with E-state index in [4.69, 9.17) is 23.9 Å². The molecule has 1 aliphatic heterocycles. The minimum Gasteiger partial charge on any atom is -0.493 e. The van der Waals surface area contributed by atoms with Crippen molar-refractivity contribution in [2.75, 3.05) is 28.4 Å². The minimum atomic E-state index is 0.0872. The first kappa shape index (κ1) is 16.8. The molecule has 0 spiro atoms. The summed E-state index contributed by atoms with van der Waals surface area (Å²) in [6, 6.07) is 8.36. The number of hydrogen-bond acceptors (Lipinski definition) is 5. The molecule has 1 heterocycles. The van der Waals surface area contributed by atoms with Gasteiger partial charge in [-0.2, -0.15) is 0 Å². The van der Waals surface area contributed by atoms with E-state index >= 15 is 0 Å². The number of fused-ring (bicyclic) bond motifs is 5. The molecular formula is C21H23NO4. The van der Waals surface area contributed by atoms with Crippen molar-refractivity contribution < 1.29 is 18.9 Å². The number of aliphatic imine (C=N–C) groups is 1. The molecule has 0 aromatic heterocycles. The van der Waals surface area contributed by atoms with Crippen LogP contribution in [0.3, 0.4) is 0 Å². The number of aryl methyl sites for hydroxylation is 1. The molecular weight excluding hydrogens is 330 g/mol. The van der Waals surface area contributed by atoms with E-state index in [0.29, 0.717) is 5.92 Å². The summed E-state index contributed by atoms with van der Waals surface area (Å²) in [5.74, 6) is 3.34. The van der Waals surface area contributed by atoms with Gasteiger partial charge in [-0.1, -0.05) is 0 Å². The third-order valence-electron chi connectivity index (χ3n) is 5.43. The normalized spacial score (nSPS) is 19.8. The summed E-state index contributed by atoms with van der Waals surface area (Å²) in [7, 11) is 6.67. The summed E-state index contributed by atoms with van der Waals surface area (Å²) in [6.07, 6.45) is 3.97. The fourth-order valence-electron chi connectivity index (χ4n) is 4.13. The Hall–Kier alpha value is -2.69. The summed E-state index contributed by atoms with van der Waals surface area (Å²) >= 11 is 0. The van der Waals surface area contributed by atoms with Gasteiger partial charge < -0.3 is 18.9 Å². The van der Waals surface area contributed by atoms with Crippen LogP contribution in [0.25, 0.3) is 0 Å². The van der Waals surface area contributed by atoms with Crippen LogP contribution in [-0.2, 0) is 6.42 Å². The molecule has 1 aliphatic carbocycles. The average Bonchev–Trinajstić information content (AvgIpc) is 2.70. The number of hydrogen-bond donors (Lipinski definition) is 0. The quantitative estimate of drug-likeness (QED) is 0.836. The first-order valence-electron chi connectivity index (χ1n) is 8.74. The Morgan fingerprint density at radius 1 is 0.769 bits per heavy atom. The summed E-state index contributed by atoms with van der Waals surface area (Å²) in [5.41, 5.74) is 4.87. The summed E-state index contributed by atoms with van der Waals surface area (Å²) in [5, 5.41) is 0. The van der Waals surface area contributed by atoms with Gasteiger partial charge in [0.05, 0.1) is 34.5 Å². The lowest BCUT2D eigenvalue weighted by Crippen LogP contribution is -2.22. The van der Waals surface area contributed by atoms with E-state index in [1.165, 1.54) is 16.7 Å². The fourth-order valence-corrected chi connectivity index (χ4v) is 4.13. The van der Waals surface area contributed by atoms with Crippen molar-refractivity contribution in [3.05, 3.63) is 46.5 Å². The molecule has 2 aliphatic rings. The van der Waals surface area contributed by atoms with Crippen LogP contribution in [0.4, 0.5) is 0 Å². The summed E-state index contributed by atoms with van der Waals surface area (Å²) < 4.78 is 21.9. The highest BCUT2D eigenvalue weighted by atomic mass is 16.5. The van der Waals surface area contributed by atoms with Crippen molar-refractivity contribution in [2.45, 2.75) is 24.8 Å². The fraction of sp³-hybridized carbons (Fsp3) is 0.381. The number of rotatable bonds is 4. The average molecular weight is 353 g/mol. The maximum absolute atomic E-state index is 5.51. The number of methoxy groups -OCH3 is 4. The predicted octanol–water partition coefficient (Wildman–Crippen LogP) is 3.92. The van der Waals surface area contributed by atoms with Crippen LogP contribution in [0.2, 0.25) is 0 Å². The van der Waals surface area contributed by atoms with E-state index in [1.54, 1.807) is 28.4 Å². The van der Waals surface area contributed by atoms with Gasteiger partial charge in [0.15, 0.2) is 23.0 Å². The monoisotopic (exact) mass is 353 g/mol. The van der Waals surface area contributed by atoms with Gasteiger partial charge in [0.1, 0.15) is 0 Å². The molecule has 26 heavy (non-hydrogen) atoms. The third kappa shape index (κ3) is 2.50. The van der Waals surface area contributed by atoms with Crippen LogP contribution in [0.15, 0.2) is 29.3 Å². The molecule has 136 valence electrons. The van der Waals surface area contributed by atoms with Crippen LogP contribution >= 0.6 is 0 Å². The van der Waals surface area contributed by atoms with Crippen LogP contribution in [-0.4, -0.2) is 34.7 Å². The summed E-state index contributed by atoms with van der Waals surface area (Å²) in [6.45, 7) is 0. The van der Waals surface area contributed by atoms with E-state index < -0.39 is 0 Å². The molecule has 0 saturated carbocycles. The Morgan fingerprint density at radius 3 is 2.00 bits per heavy atom. The molecule has 2 aromatic rings. The SMILES string of the molecule is COc1cc2c(cc1OC)[C@H]1CCc3cc(OC)c(OC)cc3[C@@H]1N=C2. The molecule has 5 nitrogen and oxygen atoms in total. The van der Waals surface area contributed by atoms with Crippen molar-refractivity contribution in [2.24, 2.45) is 4.99 Å².